The van der Waals surface area contributed by atoms with Gasteiger partial charge in [-0.15, -0.1) is 11.3 Å². The number of nitrogens with zero attached hydrogens (tertiary/aromatic N) is 2. The Hall–Kier alpha value is -1.83. The van der Waals surface area contributed by atoms with Crippen molar-refractivity contribution in [3.05, 3.63) is 52.2 Å². The maximum atomic E-state index is 9.28. The van der Waals surface area contributed by atoms with Crippen LogP contribution >= 0.6 is 11.3 Å². The van der Waals surface area contributed by atoms with Crippen LogP contribution in [0.25, 0.3) is 0 Å². The molecule has 1 aliphatic heterocycles. The number of hydrogen-bond acceptors (Lipinski definition) is 4. The summed E-state index contributed by atoms with van der Waals surface area (Å²) in [5.74, 6) is 1.74. The standard InChI is InChI=1S/C22H28N2OS/c1-2-3-6-12-24-13-11-20(22-10-7-14-26-22)19(16-24)17-25-21-9-5-4-8-18(21)15-23/h4-5,7-10,14,19-20H,2-3,6,11-13,16-17H2,1H3/t19-,20+/m1/s1. The van der Waals surface area contributed by atoms with Crippen LogP contribution in [0.5, 0.6) is 5.75 Å². The Balaban J connectivity index is 1.67. The monoisotopic (exact) mass is 368 g/mol. The number of likely N-dealkylation sites (tertiary alicyclic amines) is 1. The van der Waals surface area contributed by atoms with E-state index >= 15 is 0 Å². The molecule has 0 radical (unpaired) electrons. The first kappa shape index (κ1) is 18.9. The molecule has 1 aromatic heterocycles. The first-order valence-corrected chi connectivity index (χ1v) is 10.6. The van der Waals surface area contributed by atoms with Crippen molar-refractivity contribution in [2.24, 2.45) is 5.92 Å². The molecule has 2 heterocycles. The van der Waals surface area contributed by atoms with Crippen molar-refractivity contribution in [1.29, 1.82) is 5.26 Å². The van der Waals surface area contributed by atoms with Crippen molar-refractivity contribution in [2.45, 2.75) is 38.5 Å². The highest BCUT2D eigenvalue weighted by molar-refractivity contribution is 7.10. The first-order chi connectivity index (χ1) is 12.8. The number of rotatable bonds is 8. The Morgan fingerprint density at radius 3 is 2.88 bits per heavy atom. The molecular weight excluding hydrogens is 340 g/mol. The first-order valence-electron chi connectivity index (χ1n) is 9.69. The van der Waals surface area contributed by atoms with Crippen LogP contribution in [-0.4, -0.2) is 31.1 Å². The third kappa shape index (κ3) is 4.87. The zero-order valence-corrected chi connectivity index (χ0v) is 16.4. The molecule has 0 saturated carbocycles. The average molecular weight is 369 g/mol. The van der Waals surface area contributed by atoms with E-state index in [4.69, 9.17) is 4.74 Å². The Kier molecular flexibility index (Phi) is 7.11. The van der Waals surface area contributed by atoms with Gasteiger partial charge >= 0.3 is 0 Å². The van der Waals surface area contributed by atoms with Gasteiger partial charge < -0.3 is 9.64 Å². The van der Waals surface area contributed by atoms with E-state index in [2.05, 4.69) is 35.4 Å². The third-order valence-corrected chi connectivity index (χ3v) is 6.27. The molecule has 1 aliphatic rings. The fourth-order valence-electron chi connectivity index (χ4n) is 3.82. The molecule has 3 nitrogen and oxygen atoms in total. The molecule has 0 amide bonds. The summed E-state index contributed by atoms with van der Waals surface area (Å²) in [6, 6.07) is 14.2. The molecule has 0 N–H and O–H groups in total. The van der Waals surface area contributed by atoms with Crippen molar-refractivity contribution in [1.82, 2.24) is 4.90 Å². The van der Waals surface area contributed by atoms with Gasteiger partial charge in [0.1, 0.15) is 11.8 Å². The molecule has 0 unspecified atom stereocenters. The van der Waals surface area contributed by atoms with Gasteiger partial charge in [-0.05, 0) is 49.5 Å². The number of piperidine rings is 1. The number of nitriles is 1. The van der Waals surface area contributed by atoms with Crippen molar-refractivity contribution >= 4 is 11.3 Å². The topological polar surface area (TPSA) is 36.3 Å². The van der Waals surface area contributed by atoms with Crippen LogP contribution in [0.4, 0.5) is 0 Å². The molecule has 2 atom stereocenters. The van der Waals surface area contributed by atoms with Gasteiger partial charge in [-0.2, -0.15) is 5.26 Å². The largest absolute Gasteiger partial charge is 0.492 e. The maximum absolute atomic E-state index is 9.28. The highest BCUT2D eigenvalue weighted by Crippen LogP contribution is 2.36. The summed E-state index contributed by atoms with van der Waals surface area (Å²) in [5.41, 5.74) is 0.621. The van der Waals surface area contributed by atoms with Gasteiger partial charge in [-0.1, -0.05) is 38.0 Å². The van der Waals surface area contributed by atoms with Crippen LogP contribution in [0.3, 0.4) is 0 Å². The van der Waals surface area contributed by atoms with Crippen LogP contribution in [0, 0.1) is 17.2 Å². The second-order valence-corrected chi connectivity index (χ2v) is 8.08. The van der Waals surface area contributed by atoms with Crippen LogP contribution in [0.15, 0.2) is 41.8 Å². The van der Waals surface area contributed by atoms with Crippen molar-refractivity contribution in [3.63, 3.8) is 0 Å². The molecule has 1 saturated heterocycles. The molecule has 1 aromatic carbocycles. The lowest BCUT2D eigenvalue weighted by Gasteiger charge is -2.38. The summed E-state index contributed by atoms with van der Waals surface area (Å²) in [7, 11) is 0. The van der Waals surface area contributed by atoms with E-state index in [0.29, 0.717) is 29.8 Å². The zero-order valence-electron chi connectivity index (χ0n) is 15.6. The fourth-order valence-corrected chi connectivity index (χ4v) is 4.78. The van der Waals surface area contributed by atoms with Crippen LogP contribution < -0.4 is 4.74 Å². The number of thiophene rings is 1. The van der Waals surface area contributed by atoms with E-state index in [1.54, 1.807) is 0 Å². The summed E-state index contributed by atoms with van der Waals surface area (Å²) in [6.45, 7) is 6.38. The molecule has 0 spiro atoms. The highest BCUT2D eigenvalue weighted by Gasteiger charge is 2.31. The smallest absolute Gasteiger partial charge is 0.137 e. The Morgan fingerprint density at radius 2 is 2.12 bits per heavy atom. The lowest BCUT2D eigenvalue weighted by Crippen LogP contribution is -2.42. The van der Waals surface area contributed by atoms with Gasteiger partial charge in [0.05, 0.1) is 12.2 Å². The molecule has 3 rings (SSSR count). The van der Waals surface area contributed by atoms with Gasteiger partial charge in [-0.25, -0.2) is 0 Å². The van der Waals surface area contributed by atoms with Crippen LogP contribution in [0.1, 0.15) is 49.0 Å². The van der Waals surface area contributed by atoms with Crippen molar-refractivity contribution in [3.8, 4) is 11.8 Å². The SMILES string of the molecule is CCCCCN1CC[C@H](c2cccs2)[C@@H](COc2ccccc2C#N)C1. The van der Waals surface area contributed by atoms with E-state index in [-0.39, 0.29) is 0 Å². The van der Waals surface area contributed by atoms with Gasteiger partial charge in [0, 0.05) is 23.3 Å². The van der Waals surface area contributed by atoms with Crippen molar-refractivity contribution < 1.29 is 4.74 Å². The number of hydrogen-bond donors (Lipinski definition) is 0. The summed E-state index contributed by atoms with van der Waals surface area (Å²) >= 11 is 1.86. The molecule has 138 valence electrons. The predicted molar refractivity (Wildman–Crippen MR) is 108 cm³/mol. The number of ether oxygens (including phenoxy) is 1. The van der Waals surface area contributed by atoms with E-state index in [9.17, 15) is 5.26 Å². The summed E-state index contributed by atoms with van der Waals surface area (Å²) in [6.07, 6.45) is 5.05. The Bertz CT molecular complexity index is 707. The molecule has 26 heavy (non-hydrogen) atoms. The van der Waals surface area contributed by atoms with Gasteiger partial charge in [-0.3, -0.25) is 0 Å². The van der Waals surface area contributed by atoms with Gasteiger partial charge in [0.25, 0.3) is 0 Å². The molecule has 4 heteroatoms. The van der Waals surface area contributed by atoms with E-state index in [1.807, 2.05) is 35.6 Å². The van der Waals surface area contributed by atoms with Crippen LogP contribution in [0.2, 0.25) is 0 Å². The Labute approximate surface area is 161 Å². The second-order valence-electron chi connectivity index (χ2n) is 7.10. The molecule has 2 aromatic rings. The quantitative estimate of drug-likeness (QED) is 0.594. The van der Waals surface area contributed by atoms with Gasteiger partial charge in [0.2, 0.25) is 0 Å². The zero-order chi connectivity index (χ0) is 18.2. The number of para-hydroxylation sites is 1. The number of unbranched alkanes of at least 4 members (excludes halogenated alkanes) is 2. The Morgan fingerprint density at radius 1 is 1.23 bits per heavy atom. The van der Waals surface area contributed by atoms with E-state index in [0.717, 1.165) is 6.54 Å². The highest BCUT2D eigenvalue weighted by atomic mass is 32.1. The van der Waals surface area contributed by atoms with E-state index < -0.39 is 0 Å². The normalized spacial score (nSPS) is 20.6. The minimum atomic E-state index is 0.468. The number of benzene rings is 1. The fraction of sp³-hybridized carbons (Fsp3) is 0.500. The van der Waals surface area contributed by atoms with Crippen LogP contribution in [-0.2, 0) is 0 Å². The summed E-state index contributed by atoms with van der Waals surface area (Å²) in [5, 5.41) is 11.5. The average Bonchev–Trinajstić information content (AvgIpc) is 3.21. The van der Waals surface area contributed by atoms with Crippen molar-refractivity contribution in [2.75, 3.05) is 26.2 Å². The molecular formula is C22H28N2OS. The minimum absolute atomic E-state index is 0.468. The molecule has 0 bridgehead atoms. The second kappa shape index (κ2) is 9.75. The lowest BCUT2D eigenvalue weighted by atomic mass is 9.84. The molecule has 1 fully saturated rings. The van der Waals surface area contributed by atoms with Gasteiger partial charge in [0.15, 0.2) is 0 Å². The predicted octanol–water partition coefficient (Wildman–Crippen LogP) is 5.29. The summed E-state index contributed by atoms with van der Waals surface area (Å²) < 4.78 is 6.13. The maximum Gasteiger partial charge on any atom is 0.137 e. The van der Waals surface area contributed by atoms with E-state index in [1.165, 1.54) is 43.6 Å². The molecule has 0 aliphatic carbocycles. The summed E-state index contributed by atoms with van der Waals surface area (Å²) in [4.78, 5) is 4.07. The lowest BCUT2D eigenvalue weighted by molar-refractivity contribution is 0.110. The third-order valence-electron chi connectivity index (χ3n) is 5.27. The minimum Gasteiger partial charge on any atom is -0.492 e.